The largest absolute Gasteiger partial charge is 0.291 e. The molecule has 0 spiro atoms. The van der Waals surface area contributed by atoms with Crippen molar-refractivity contribution < 1.29 is 4.79 Å². The Hall–Kier alpha value is -0.570. The fourth-order valence-corrected chi connectivity index (χ4v) is 0.506. The molecule has 0 aliphatic carbocycles. The molecule has 0 unspecified atom stereocenters. The summed E-state index contributed by atoms with van der Waals surface area (Å²) in [4.78, 5) is 10.3. The van der Waals surface area contributed by atoms with Gasteiger partial charge < -0.3 is 0 Å². The van der Waals surface area contributed by atoms with E-state index in [1.165, 1.54) is 0 Å². The van der Waals surface area contributed by atoms with Gasteiger partial charge in [-0.15, -0.1) is 0 Å². The van der Waals surface area contributed by atoms with E-state index in [2.05, 4.69) is 10.9 Å². The number of rotatable bonds is 0. The molecule has 7 heavy (non-hydrogen) atoms. The Bertz CT molecular complexity index is 91.7. The first-order valence-electron chi connectivity index (χ1n) is 2.16. The third-order valence-corrected chi connectivity index (χ3v) is 0.841. The molecule has 1 rings (SSSR count). The summed E-state index contributed by atoms with van der Waals surface area (Å²) >= 11 is 0. The number of hydrogen-bond acceptors (Lipinski definition) is 2. The van der Waals surface area contributed by atoms with Crippen LogP contribution in [0.25, 0.3) is 0 Å². The molecule has 0 atom stereocenters. The van der Waals surface area contributed by atoms with E-state index < -0.39 is 0 Å². The number of carbonyl (C=O) groups is 1. The first kappa shape index (κ1) is 4.59. The SMILES string of the molecule is C[C]1CC(=O)NN1. The molecule has 1 aliphatic rings. The Morgan fingerprint density at radius 2 is 2.29 bits per heavy atom. The molecule has 0 bridgehead atoms. The first-order chi connectivity index (χ1) is 3.29. The average Bonchev–Trinajstić information content (AvgIpc) is 1.87. The lowest BCUT2D eigenvalue weighted by atomic mass is 10.3. The van der Waals surface area contributed by atoms with Crippen LogP contribution in [0.2, 0.25) is 0 Å². The van der Waals surface area contributed by atoms with Crippen molar-refractivity contribution in [2.24, 2.45) is 0 Å². The molecule has 2 N–H and O–H groups in total. The highest BCUT2D eigenvalue weighted by molar-refractivity contribution is 5.79. The lowest BCUT2D eigenvalue weighted by molar-refractivity contribution is -0.119. The zero-order chi connectivity index (χ0) is 5.28. The van der Waals surface area contributed by atoms with Crippen LogP contribution in [0, 0.1) is 6.04 Å². The minimum atomic E-state index is 0.0532. The van der Waals surface area contributed by atoms with Crippen molar-refractivity contribution in [3.05, 3.63) is 6.04 Å². The van der Waals surface area contributed by atoms with Crippen LogP contribution in [-0.2, 0) is 4.79 Å². The maximum Gasteiger partial charge on any atom is 0.236 e. The van der Waals surface area contributed by atoms with Crippen LogP contribution in [-0.4, -0.2) is 5.91 Å². The lowest BCUT2D eigenvalue weighted by Crippen LogP contribution is -2.26. The van der Waals surface area contributed by atoms with Crippen molar-refractivity contribution in [2.75, 3.05) is 0 Å². The van der Waals surface area contributed by atoms with Crippen LogP contribution in [0.3, 0.4) is 0 Å². The second kappa shape index (κ2) is 1.50. The van der Waals surface area contributed by atoms with Gasteiger partial charge in [-0.3, -0.25) is 10.2 Å². The Balaban J connectivity index is 2.40. The van der Waals surface area contributed by atoms with Gasteiger partial charge in [0.2, 0.25) is 5.91 Å². The van der Waals surface area contributed by atoms with E-state index in [-0.39, 0.29) is 5.91 Å². The molecule has 0 saturated carbocycles. The molecule has 0 aromatic carbocycles. The summed E-state index contributed by atoms with van der Waals surface area (Å²) in [5.74, 6) is 0.0532. The average molecular weight is 99.1 g/mol. The molecule has 3 heteroatoms. The third-order valence-electron chi connectivity index (χ3n) is 0.841. The second-order valence-corrected chi connectivity index (χ2v) is 1.63. The van der Waals surface area contributed by atoms with Crippen LogP contribution in [0.15, 0.2) is 0 Å². The summed E-state index contributed by atoms with van der Waals surface area (Å²) in [6.45, 7) is 1.87. The number of carbonyl (C=O) groups excluding carboxylic acids is 1. The van der Waals surface area contributed by atoms with Gasteiger partial charge in [0.1, 0.15) is 0 Å². The first-order valence-corrected chi connectivity index (χ1v) is 2.16. The van der Waals surface area contributed by atoms with E-state index in [0.717, 1.165) is 6.04 Å². The molecule has 1 amide bonds. The predicted octanol–water partition coefficient (Wildman–Crippen LogP) is -0.437. The van der Waals surface area contributed by atoms with Gasteiger partial charge in [0.05, 0.1) is 6.04 Å². The second-order valence-electron chi connectivity index (χ2n) is 1.63. The highest BCUT2D eigenvalue weighted by Crippen LogP contribution is 2.01. The maximum absolute atomic E-state index is 10.3. The van der Waals surface area contributed by atoms with Crippen LogP contribution >= 0.6 is 0 Å². The topological polar surface area (TPSA) is 41.1 Å². The van der Waals surface area contributed by atoms with E-state index in [9.17, 15) is 4.79 Å². The van der Waals surface area contributed by atoms with E-state index in [1.54, 1.807) is 0 Å². The van der Waals surface area contributed by atoms with Crippen molar-refractivity contribution in [3.63, 3.8) is 0 Å². The minimum absolute atomic E-state index is 0.0532. The zero-order valence-electron chi connectivity index (χ0n) is 4.12. The molecule has 3 nitrogen and oxygen atoms in total. The Kier molecular flexibility index (Phi) is 0.982. The van der Waals surface area contributed by atoms with Gasteiger partial charge in [-0.2, -0.15) is 0 Å². The van der Waals surface area contributed by atoms with E-state index in [4.69, 9.17) is 0 Å². The fourth-order valence-electron chi connectivity index (χ4n) is 0.506. The van der Waals surface area contributed by atoms with Crippen molar-refractivity contribution >= 4 is 5.91 Å². The molecule has 0 aromatic rings. The van der Waals surface area contributed by atoms with Crippen molar-refractivity contribution in [3.8, 4) is 0 Å². The van der Waals surface area contributed by atoms with Crippen LogP contribution in [0.5, 0.6) is 0 Å². The smallest absolute Gasteiger partial charge is 0.236 e. The molecule has 1 radical (unpaired) electrons. The third kappa shape index (κ3) is 0.899. The fraction of sp³-hybridized carbons (Fsp3) is 0.500. The highest BCUT2D eigenvalue weighted by atomic mass is 16.2. The van der Waals surface area contributed by atoms with Gasteiger partial charge in [0.15, 0.2) is 0 Å². The van der Waals surface area contributed by atoms with E-state index in [1.807, 2.05) is 6.92 Å². The van der Waals surface area contributed by atoms with E-state index >= 15 is 0 Å². The molecule has 1 fully saturated rings. The van der Waals surface area contributed by atoms with Crippen molar-refractivity contribution in [2.45, 2.75) is 13.3 Å². The maximum atomic E-state index is 10.3. The molecular formula is C4H7N2O. The van der Waals surface area contributed by atoms with Crippen LogP contribution < -0.4 is 10.9 Å². The van der Waals surface area contributed by atoms with Crippen LogP contribution in [0.4, 0.5) is 0 Å². The van der Waals surface area contributed by atoms with Gasteiger partial charge in [0.25, 0.3) is 0 Å². The van der Waals surface area contributed by atoms with Crippen molar-refractivity contribution in [1.29, 1.82) is 0 Å². The van der Waals surface area contributed by atoms with Gasteiger partial charge >= 0.3 is 0 Å². The molecule has 1 saturated heterocycles. The number of amides is 1. The Morgan fingerprint density at radius 3 is 2.43 bits per heavy atom. The number of hydrogen-bond donors (Lipinski definition) is 2. The van der Waals surface area contributed by atoms with Gasteiger partial charge in [-0.05, 0) is 6.92 Å². The van der Waals surface area contributed by atoms with E-state index in [0.29, 0.717) is 6.42 Å². The quantitative estimate of drug-likeness (QED) is 0.432. The predicted molar refractivity (Wildman–Crippen MR) is 24.8 cm³/mol. The molecular weight excluding hydrogens is 92.1 g/mol. The van der Waals surface area contributed by atoms with Gasteiger partial charge in [0, 0.05) is 6.42 Å². The van der Waals surface area contributed by atoms with Gasteiger partial charge in [-0.25, -0.2) is 5.43 Å². The van der Waals surface area contributed by atoms with Gasteiger partial charge in [-0.1, -0.05) is 0 Å². The van der Waals surface area contributed by atoms with Crippen LogP contribution in [0.1, 0.15) is 13.3 Å². The summed E-state index contributed by atoms with van der Waals surface area (Å²) in [7, 11) is 0. The summed E-state index contributed by atoms with van der Waals surface area (Å²) in [6.07, 6.45) is 0.528. The summed E-state index contributed by atoms with van der Waals surface area (Å²) < 4.78 is 0. The summed E-state index contributed by atoms with van der Waals surface area (Å²) in [5, 5.41) is 0. The number of hydrazine groups is 1. The highest BCUT2D eigenvalue weighted by Gasteiger charge is 2.15. The minimum Gasteiger partial charge on any atom is -0.291 e. The molecule has 1 heterocycles. The lowest BCUT2D eigenvalue weighted by Gasteiger charge is -1.92. The monoisotopic (exact) mass is 99.1 g/mol. The van der Waals surface area contributed by atoms with Crippen molar-refractivity contribution in [1.82, 2.24) is 10.9 Å². The summed E-state index contributed by atoms with van der Waals surface area (Å²) in [6, 6.07) is 0.991. The zero-order valence-corrected chi connectivity index (χ0v) is 4.12. The normalized spacial score (nSPS) is 22.7. The number of nitrogens with one attached hydrogen (secondary N) is 2. The molecule has 1 aliphatic heterocycles. The Morgan fingerprint density at radius 1 is 1.57 bits per heavy atom. The standard InChI is InChI=1S/C4H7N2O/c1-3-2-4(7)6-5-3/h5H,2H2,1H3,(H,6,7). The molecule has 0 aromatic heterocycles. The summed E-state index contributed by atoms with van der Waals surface area (Å²) in [5.41, 5.74) is 5.13. The Labute approximate surface area is 42.1 Å². The molecule has 39 valence electrons.